The third-order valence-electron chi connectivity index (χ3n) is 9.29. The molecule has 0 aliphatic carbocycles. The minimum Gasteiger partial charge on any atom is -0.434 e. The monoisotopic (exact) mass is 631 g/mol. The molecule has 0 bridgehead atoms. The van der Waals surface area contributed by atoms with Crippen molar-refractivity contribution in [2.45, 2.75) is 196 Å². The molecule has 7 nitrogen and oxygen atoms in total. The number of ether oxygens (including phenoxy) is 2. The second-order valence-electron chi connectivity index (χ2n) is 14.6. The van der Waals surface area contributed by atoms with Gasteiger partial charge in [0.15, 0.2) is 0 Å². The van der Waals surface area contributed by atoms with Crippen molar-refractivity contribution in [2.75, 3.05) is 13.2 Å². The summed E-state index contributed by atoms with van der Waals surface area (Å²) in [5.74, 6) is 1.40. The van der Waals surface area contributed by atoms with Crippen molar-refractivity contribution < 1.29 is 33.8 Å². The molecule has 44 heavy (non-hydrogen) atoms. The van der Waals surface area contributed by atoms with E-state index in [1.165, 1.54) is 12.8 Å². The van der Waals surface area contributed by atoms with Gasteiger partial charge < -0.3 is 9.47 Å². The summed E-state index contributed by atoms with van der Waals surface area (Å²) in [4.78, 5) is 36.7. The minimum absolute atomic E-state index is 0.0215. The number of carbonyl (C=O) groups is 1. The molecule has 0 N–H and O–H groups in total. The molecule has 6 atom stereocenters. The van der Waals surface area contributed by atoms with Gasteiger partial charge in [0.05, 0.1) is 12.2 Å². The smallest absolute Gasteiger partial charge is 0.434 e. The third-order valence-corrected chi connectivity index (χ3v) is 9.29. The summed E-state index contributed by atoms with van der Waals surface area (Å²) in [5.41, 5.74) is -0.645. The molecule has 7 heteroatoms. The van der Waals surface area contributed by atoms with Crippen LogP contribution in [0.25, 0.3) is 0 Å². The largest absolute Gasteiger partial charge is 0.508 e. The van der Waals surface area contributed by atoms with Crippen LogP contribution in [0.5, 0.6) is 0 Å². The molecule has 0 fully saturated rings. The zero-order valence-electron chi connectivity index (χ0n) is 31.1. The van der Waals surface area contributed by atoms with Crippen LogP contribution in [0.15, 0.2) is 0 Å². The molecule has 0 aliphatic heterocycles. The lowest BCUT2D eigenvalue weighted by Crippen LogP contribution is -2.34. The first kappa shape index (κ1) is 43.1. The highest BCUT2D eigenvalue weighted by molar-refractivity contribution is 5.59. The van der Waals surface area contributed by atoms with E-state index in [2.05, 4.69) is 69.2 Å². The Bertz CT molecular complexity index is 643. The normalized spacial score (nSPS) is 17.6. The lowest BCUT2D eigenvalue weighted by atomic mass is 9.94. The maximum Gasteiger partial charge on any atom is 0.508 e. The van der Waals surface area contributed by atoms with Gasteiger partial charge in [-0.3, -0.25) is 0 Å². The maximum absolute atomic E-state index is 12.7. The Balaban J connectivity index is 4.99. The highest BCUT2D eigenvalue weighted by Crippen LogP contribution is 2.28. The second kappa shape index (κ2) is 24.3. The van der Waals surface area contributed by atoms with Gasteiger partial charge in [0, 0.05) is 11.8 Å². The van der Waals surface area contributed by atoms with E-state index in [-0.39, 0.29) is 48.5 Å². The SMILES string of the molecule is CCCCC(COC(=O)OCC(CCCC)C(C)OOC(C)(CC)CCCC(C)C)C(C)OOC(C)(CC)CCCC(C)C. The molecule has 264 valence electrons. The Morgan fingerprint density at radius 2 is 0.932 bits per heavy atom. The van der Waals surface area contributed by atoms with Crippen LogP contribution in [0, 0.1) is 23.7 Å². The van der Waals surface area contributed by atoms with Crippen LogP contribution in [0.3, 0.4) is 0 Å². The van der Waals surface area contributed by atoms with Crippen molar-refractivity contribution in [3.63, 3.8) is 0 Å². The van der Waals surface area contributed by atoms with E-state index < -0.39 is 6.16 Å². The lowest BCUT2D eigenvalue weighted by Gasteiger charge is -2.31. The van der Waals surface area contributed by atoms with Crippen molar-refractivity contribution in [3.8, 4) is 0 Å². The standard InChI is InChI=1S/C37H74O7/c1-13-17-23-33(31(9)41-43-36(11,15-3)25-19-21-29(5)6)27-39-35(38)40-28-34(24-18-14-2)32(10)42-44-37(12,16-4)26-20-22-30(7)8/h29-34H,13-28H2,1-12H3. The molecule has 0 rings (SSSR count). The molecule has 0 radical (unpaired) electrons. The Morgan fingerprint density at radius 3 is 1.23 bits per heavy atom. The summed E-state index contributed by atoms with van der Waals surface area (Å²) in [7, 11) is 0. The average Bonchev–Trinajstić information content (AvgIpc) is 2.98. The topological polar surface area (TPSA) is 72.5 Å². The number of unbranched alkanes of at least 4 members (excludes halogenated alkanes) is 2. The van der Waals surface area contributed by atoms with Gasteiger partial charge in [-0.2, -0.15) is 0 Å². The van der Waals surface area contributed by atoms with Crippen LogP contribution in [0.2, 0.25) is 0 Å². The molecule has 0 saturated carbocycles. The van der Waals surface area contributed by atoms with E-state index in [0.29, 0.717) is 11.8 Å². The van der Waals surface area contributed by atoms with Gasteiger partial charge in [0.25, 0.3) is 0 Å². The zero-order valence-corrected chi connectivity index (χ0v) is 31.1. The summed E-state index contributed by atoms with van der Waals surface area (Å²) in [6.07, 6.45) is 13.1. The van der Waals surface area contributed by atoms with E-state index in [4.69, 9.17) is 29.0 Å². The van der Waals surface area contributed by atoms with Crippen molar-refractivity contribution in [2.24, 2.45) is 23.7 Å². The fraction of sp³-hybridized carbons (Fsp3) is 0.973. The van der Waals surface area contributed by atoms with Crippen LogP contribution in [-0.2, 0) is 29.0 Å². The molecule has 0 amide bonds. The van der Waals surface area contributed by atoms with E-state index in [1.807, 2.05) is 13.8 Å². The summed E-state index contributed by atoms with van der Waals surface area (Å²) >= 11 is 0. The minimum atomic E-state index is -0.645. The molecular formula is C37H74O7. The fourth-order valence-electron chi connectivity index (χ4n) is 5.10. The Hall–Kier alpha value is -0.890. The number of carbonyl (C=O) groups excluding carboxylic acids is 1. The predicted molar refractivity (Wildman–Crippen MR) is 181 cm³/mol. The highest BCUT2D eigenvalue weighted by atomic mass is 17.2. The number of rotatable bonds is 28. The van der Waals surface area contributed by atoms with Crippen molar-refractivity contribution in [1.29, 1.82) is 0 Å². The van der Waals surface area contributed by atoms with Gasteiger partial charge >= 0.3 is 6.16 Å². The Morgan fingerprint density at radius 1 is 0.568 bits per heavy atom. The van der Waals surface area contributed by atoms with Crippen LogP contribution >= 0.6 is 0 Å². The van der Waals surface area contributed by atoms with Crippen LogP contribution < -0.4 is 0 Å². The van der Waals surface area contributed by atoms with E-state index >= 15 is 0 Å². The highest BCUT2D eigenvalue weighted by Gasteiger charge is 2.30. The molecule has 0 spiro atoms. The van der Waals surface area contributed by atoms with Crippen molar-refractivity contribution in [3.05, 3.63) is 0 Å². The van der Waals surface area contributed by atoms with Gasteiger partial charge in [-0.1, -0.05) is 107 Å². The summed E-state index contributed by atoms with van der Waals surface area (Å²) in [5, 5.41) is 0. The summed E-state index contributed by atoms with van der Waals surface area (Å²) < 4.78 is 11.3. The molecule has 0 saturated heterocycles. The number of hydrogen-bond acceptors (Lipinski definition) is 7. The lowest BCUT2D eigenvalue weighted by molar-refractivity contribution is -0.388. The molecular weight excluding hydrogens is 556 g/mol. The molecule has 0 aromatic carbocycles. The van der Waals surface area contributed by atoms with E-state index in [9.17, 15) is 4.79 Å². The van der Waals surface area contributed by atoms with Crippen LogP contribution in [-0.4, -0.2) is 42.8 Å². The first-order valence-corrected chi connectivity index (χ1v) is 18.2. The average molecular weight is 631 g/mol. The zero-order chi connectivity index (χ0) is 33.6. The number of hydrogen-bond donors (Lipinski definition) is 0. The first-order valence-electron chi connectivity index (χ1n) is 18.2. The Labute approximate surface area is 273 Å². The molecule has 6 unspecified atom stereocenters. The van der Waals surface area contributed by atoms with Gasteiger partial charge in [-0.05, 0) is 78.1 Å². The van der Waals surface area contributed by atoms with Crippen molar-refractivity contribution >= 4 is 6.16 Å². The first-order chi connectivity index (χ1) is 20.7. The molecule has 0 aromatic heterocycles. The third kappa shape index (κ3) is 20.3. The molecule has 0 aromatic rings. The molecule has 0 heterocycles. The van der Waals surface area contributed by atoms with Gasteiger partial charge in [0.1, 0.15) is 24.4 Å². The summed E-state index contributed by atoms with van der Waals surface area (Å²) in [6.45, 7) is 26.3. The van der Waals surface area contributed by atoms with Crippen LogP contribution in [0.4, 0.5) is 4.79 Å². The van der Waals surface area contributed by atoms with Crippen molar-refractivity contribution in [1.82, 2.24) is 0 Å². The van der Waals surface area contributed by atoms with Gasteiger partial charge in [-0.15, -0.1) is 0 Å². The predicted octanol–water partition coefficient (Wildman–Crippen LogP) is 11.4. The summed E-state index contributed by atoms with van der Waals surface area (Å²) in [6, 6.07) is 0. The van der Waals surface area contributed by atoms with Crippen LogP contribution in [0.1, 0.15) is 173 Å². The fourth-order valence-corrected chi connectivity index (χ4v) is 5.10. The molecule has 0 aliphatic rings. The van der Waals surface area contributed by atoms with Gasteiger partial charge in [0.2, 0.25) is 0 Å². The quantitative estimate of drug-likeness (QED) is 0.0484. The van der Waals surface area contributed by atoms with Gasteiger partial charge in [-0.25, -0.2) is 24.3 Å². The Kier molecular flexibility index (Phi) is 23.8. The maximum atomic E-state index is 12.7. The second-order valence-corrected chi connectivity index (χ2v) is 14.6. The van der Waals surface area contributed by atoms with E-state index in [1.54, 1.807) is 0 Å². The van der Waals surface area contributed by atoms with E-state index in [0.717, 1.165) is 77.0 Å².